The lowest BCUT2D eigenvalue weighted by Gasteiger charge is -2.25. The van der Waals surface area contributed by atoms with Gasteiger partial charge in [-0.25, -0.2) is 0 Å². The molecule has 1 aromatic carbocycles. The molecule has 0 saturated heterocycles. The highest BCUT2D eigenvalue weighted by Gasteiger charge is 2.20. The summed E-state index contributed by atoms with van der Waals surface area (Å²) in [6.07, 6.45) is 0. The number of halogens is 1. The van der Waals surface area contributed by atoms with Crippen molar-refractivity contribution in [3.8, 4) is 0 Å². The summed E-state index contributed by atoms with van der Waals surface area (Å²) in [7, 11) is 0. The first-order valence-electron chi connectivity index (χ1n) is 10.8. The van der Waals surface area contributed by atoms with Crippen LogP contribution in [0.4, 0.5) is 0 Å². The van der Waals surface area contributed by atoms with E-state index in [0.717, 1.165) is 6.92 Å². The van der Waals surface area contributed by atoms with Crippen LogP contribution in [0.25, 0.3) is 0 Å². The quantitative estimate of drug-likeness (QED) is 0.837. The Labute approximate surface area is 120 Å². The molecular weight excluding hydrogens is 222 g/mol. The van der Waals surface area contributed by atoms with Gasteiger partial charge in [0.15, 0.2) is 5.78 Å². The lowest BCUT2D eigenvalue weighted by atomic mass is 10.0. The Morgan fingerprint density at radius 1 is 1.56 bits per heavy atom. The lowest BCUT2D eigenvalue weighted by molar-refractivity contribution is 0.0936. The molecule has 0 spiro atoms. The summed E-state index contributed by atoms with van der Waals surface area (Å²) in [5.74, 6) is -1.21. The van der Waals surface area contributed by atoms with E-state index in [9.17, 15) is 4.79 Å². The van der Waals surface area contributed by atoms with Gasteiger partial charge in [-0.15, -0.1) is 0 Å². The molecule has 1 aromatic rings. The molecule has 0 aliphatic carbocycles. The topological polar surface area (TPSA) is 29.1 Å². The van der Waals surface area contributed by atoms with E-state index < -0.39 is 72.7 Å². The third kappa shape index (κ3) is 3.95. The van der Waals surface area contributed by atoms with E-state index in [-0.39, 0.29) is 0 Å². The van der Waals surface area contributed by atoms with Crippen molar-refractivity contribution in [1.82, 2.24) is 5.32 Å². The van der Waals surface area contributed by atoms with Crippen molar-refractivity contribution >= 4 is 17.4 Å². The van der Waals surface area contributed by atoms with Crippen molar-refractivity contribution in [2.75, 3.05) is 0 Å². The van der Waals surface area contributed by atoms with Gasteiger partial charge in [0.1, 0.15) is 0 Å². The molecule has 0 heterocycles. The van der Waals surface area contributed by atoms with E-state index in [1.54, 1.807) is 0 Å². The highest BCUT2D eigenvalue weighted by atomic mass is 35.5. The van der Waals surface area contributed by atoms with Crippen LogP contribution in [0.1, 0.15) is 55.7 Å². The first-order chi connectivity index (χ1) is 12.7. The summed E-state index contributed by atoms with van der Waals surface area (Å²) in [4.78, 5) is 12.8. The van der Waals surface area contributed by atoms with Crippen LogP contribution >= 0.6 is 11.6 Å². The molecule has 1 N–H and O–H groups in total. The van der Waals surface area contributed by atoms with Crippen molar-refractivity contribution in [3.63, 3.8) is 0 Å². The summed E-state index contributed by atoms with van der Waals surface area (Å²) in [6.45, 7) is -9.83. The van der Waals surface area contributed by atoms with Crippen LogP contribution in [0, 0.1) is 0 Å². The van der Waals surface area contributed by atoms with Gasteiger partial charge in [0.05, 0.1) is 11.5 Å². The zero-order valence-corrected chi connectivity index (χ0v) is 9.12. The Kier molecular flexibility index (Phi) is 1.19. The SMILES string of the molecule is [2H]c1c([2H])c(Cl)c([2H])c(C(=O)C(C)NC(C([2H])([2H])[2H])(C([2H])([2H])[2H])C([2H])([2H])[2H])c1[2H]. The Bertz CT molecular complexity index is 746. The summed E-state index contributed by atoms with van der Waals surface area (Å²) >= 11 is 5.74. The van der Waals surface area contributed by atoms with Crippen LogP contribution in [0.15, 0.2) is 24.2 Å². The first kappa shape index (κ1) is 3.82. The molecule has 0 amide bonds. The summed E-state index contributed by atoms with van der Waals surface area (Å²) in [6, 6.07) is -4.85. The van der Waals surface area contributed by atoms with Crippen molar-refractivity contribution in [1.29, 1.82) is 0 Å². The monoisotopic (exact) mass is 252 g/mol. The molecule has 0 fully saturated rings. The molecule has 3 heteroatoms. The predicted molar refractivity (Wildman–Crippen MR) is 68.1 cm³/mol. The molecular formula is C13H18ClNO. The predicted octanol–water partition coefficient (Wildman–Crippen LogP) is 3.30. The fourth-order valence-corrected chi connectivity index (χ4v) is 1.19. The second kappa shape index (κ2) is 4.98. The molecule has 0 bridgehead atoms. The van der Waals surface area contributed by atoms with Crippen LogP contribution in [0.2, 0.25) is 5.02 Å². The summed E-state index contributed by atoms with van der Waals surface area (Å²) in [5, 5.41) is 1.30. The fourth-order valence-electron chi connectivity index (χ4n) is 1.05. The molecule has 1 unspecified atom stereocenters. The van der Waals surface area contributed by atoms with Gasteiger partial charge < -0.3 is 5.32 Å². The molecule has 0 saturated carbocycles. The minimum absolute atomic E-state index is 0.602. The number of benzene rings is 1. The Morgan fingerprint density at radius 2 is 2.25 bits per heavy atom. The van der Waals surface area contributed by atoms with Gasteiger partial charge in [0.25, 0.3) is 0 Å². The first-order valence-corrected chi connectivity index (χ1v) is 4.68. The van der Waals surface area contributed by atoms with Crippen LogP contribution in [-0.2, 0) is 0 Å². The maximum absolute atomic E-state index is 12.8. The van der Waals surface area contributed by atoms with Crippen LogP contribution in [0.5, 0.6) is 0 Å². The number of ketones is 1. The number of hydrogen-bond donors (Lipinski definition) is 1. The van der Waals surface area contributed by atoms with Gasteiger partial charge in [-0.3, -0.25) is 4.79 Å². The Hall–Kier alpha value is -0.860. The summed E-state index contributed by atoms with van der Waals surface area (Å²) in [5.41, 5.74) is -4.25. The molecule has 0 radical (unpaired) electrons. The van der Waals surface area contributed by atoms with Crippen LogP contribution < -0.4 is 5.32 Å². The van der Waals surface area contributed by atoms with Gasteiger partial charge in [-0.2, -0.15) is 0 Å². The van der Waals surface area contributed by atoms with Gasteiger partial charge in [0, 0.05) is 28.5 Å². The van der Waals surface area contributed by atoms with Crippen molar-refractivity contribution in [2.24, 2.45) is 0 Å². The maximum atomic E-state index is 12.8. The molecule has 16 heavy (non-hydrogen) atoms. The highest BCUT2D eigenvalue weighted by molar-refractivity contribution is 6.31. The lowest BCUT2D eigenvalue weighted by Crippen LogP contribution is -2.46. The summed E-state index contributed by atoms with van der Waals surface area (Å²) < 4.78 is 98.9. The smallest absolute Gasteiger partial charge is 0.179 e. The van der Waals surface area contributed by atoms with E-state index in [1.807, 2.05) is 5.32 Å². The molecule has 0 aliphatic rings. The maximum Gasteiger partial charge on any atom is 0.179 e. The number of carbonyl (C=O) groups is 1. The van der Waals surface area contributed by atoms with Crippen molar-refractivity contribution in [2.45, 2.75) is 39.1 Å². The van der Waals surface area contributed by atoms with E-state index in [2.05, 4.69) is 0 Å². The van der Waals surface area contributed by atoms with E-state index in [1.165, 1.54) is 0 Å². The van der Waals surface area contributed by atoms with Gasteiger partial charge in [0.2, 0.25) is 0 Å². The number of Topliss-reactive ketones (excluding diaryl/α,β-unsaturated/α-hetero) is 1. The second-order valence-corrected chi connectivity index (χ2v) is 3.55. The molecule has 88 valence electrons. The Morgan fingerprint density at radius 3 is 2.88 bits per heavy atom. The average molecular weight is 253 g/mol. The second-order valence-electron chi connectivity index (χ2n) is 3.17. The minimum Gasteiger partial charge on any atom is -0.303 e. The molecule has 0 aliphatic heterocycles. The normalized spacial score (nSPS) is 27.8. The van der Waals surface area contributed by atoms with Gasteiger partial charge in [-0.05, 0) is 39.6 Å². The van der Waals surface area contributed by atoms with Crippen LogP contribution in [0.3, 0.4) is 0 Å². The standard InChI is InChI=1S/C13H18ClNO/c1-9(15-13(2,3)4)12(16)10-6-5-7-11(14)8-10/h5-9,15H,1-4H3/i2D3,3D3,4D3,5D,6D,7D,8D. The van der Waals surface area contributed by atoms with E-state index >= 15 is 0 Å². The van der Waals surface area contributed by atoms with Gasteiger partial charge >= 0.3 is 0 Å². The number of rotatable bonds is 3. The van der Waals surface area contributed by atoms with Crippen molar-refractivity contribution in [3.05, 3.63) is 34.8 Å². The third-order valence-corrected chi connectivity index (χ3v) is 1.86. The van der Waals surface area contributed by atoms with Crippen molar-refractivity contribution < 1.29 is 22.6 Å². The molecule has 1 atom stereocenters. The van der Waals surface area contributed by atoms with E-state index in [4.69, 9.17) is 29.4 Å². The fraction of sp³-hybridized carbons (Fsp3) is 0.462. The minimum atomic E-state index is -3.60. The third-order valence-electron chi connectivity index (χ3n) is 1.67. The highest BCUT2D eigenvalue weighted by Crippen LogP contribution is 2.13. The van der Waals surface area contributed by atoms with Gasteiger partial charge in [-0.1, -0.05) is 23.7 Å². The zero-order chi connectivity index (χ0) is 23.3. The Balaban J connectivity index is 3.63. The molecule has 0 aromatic heterocycles. The van der Waals surface area contributed by atoms with Crippen LogP contribution in [-0.4, -0.2) is 17.4 Å². The number of nitrogens with one attached hydrogen (secondary N) is 1. The molecule has 1 rings (SSSR count). The largest absolute Gasteiger partial charge is 0.303 e. The number of carbonyl (C=O) groups excluding carboxylic acids is 1. The van der Waals surface area contributed by atoms with E-state index in [0.29, 0.717) is 0 Å². The number of hydrogen-bond acceptors (Lipinski definition) is 2. The molecule has 2 nitrogen and oxygen atoms in total. The zero-order valence-electron chi connectivity index (χ0n) is 21.4. The average Bonchev–Trinajstić information content (AvgIpc) is 2.52.